The van der Waals surface area contributed by atoms with E-state index in [2.05, 4.69) is 5.32 Å². The molecule has 6 nitrogen and oxygen atoms in total. The number of carbonyl (C=O) groups is 1. The molecule has 1 aliphatic rings. The molecule has 1 aromatic rings. The zero-order valence-electron chi connectivity index (χ0n) is 13.3. The number of aryl methyl sites for hydroxylation is 1. The van der Waals surface area contributed by atoms with E-state index in [1.807, 2.05) is 20.8 Å². The zero-order chi connectivity index (χ0) is 16.5. The molecule has 0 aromatic carbocycles. The fraction of sp³-hybridized carbons (Fsp3) is 0.643. The van der Waals surface area contributed by atoms with Crippen LogP contribution < -0.4 is 5.32 Å². The summed E-state index contributed by atoms with van der Waals surface area (Å²) in [6.07, 6.45) is -0.277. The largest absolute Gasteiger partial charge is 0.373 e. The van der Waals surface area contributed by atoms with Crippen molar-refractivity contribution >= 4 is 27.3 Å². The molecule has 1 saturated heterocycles. The molecule has 0 aliphatic carbocycles. The molecule has 8 heteroatoms. The smallest absolute Gasteiger partial charge is 0.261 e. The SMILES string of the molecule is CCNC(=O)c1cc(S(=O)(=O)N2C[C@@H](C)O[C@@H](C)C2)c(C)s1. The lowest BCUT2D eigenvalue weighted by Crippen LogP contribution is -2.48. The fourth-order valence-electron chi connectivity index (χ4n) is 2.55. The molecular weight excluding hydrogens is 324 g/mol. The number of morpholine rings is 1. The fourth-order valence-corrected chi connectivity index (χ4v) is 5.61. The van der Waals surface area contributed by atoms with Gasteiger partial charge in [-0.25, -0.2) is 8.42 Å². The Labute approximate surface area is 135 Å². The van der Waals surface area contributed by atoms with E-state index in [1.165, 1.54) is 21.7 Å². The third kappa shape index (κ3) is 3.51. The van der Waals surface area contributed by atoms with E-state index < -0.39 is 10.0 Å². The molecule has 0 spiro atoms. The first-order valence-electron chi connectivity index (χ1n) is 7.30. The van der Waals surface area contributed by atoms with Crippen molar-refractivity contribution in [1.82, 2.24) is 9.62 Å². The van der Waals surface area contributed by atoms with Crippen LogP contribution in [0.15, 0.2) is 11.0 Å². The van der Waals surface area contributed by atoms with E-state index in [1.54, 1.807) is 6.92 Å². The highest BCUT2D eigenvalue weighted by Crippen LogP contribution is 2.29. The Balaban J connectivity index is 2.31. The van der Waals surface area contributed by atoms with Gasteiger partial charge in [0.1, 0.15) is 0 Å². The highest BCUT2D eigenvalue weighted by Gasteiger charge is 2.34. The van der Waals surface area contributed by atoms with Gasteiger partial charge in [-0.15, -0.1) is 11.3 Å². The molecule has 1 fully saturated rings. The van der Waals surface area contributed by atoms with Gasteiger partial charge in [0.15, 0.2) is 0 Å². The Bertz CT molecular complexity index is 644. The first kappa shape index (κ1) is 17.4. The summed E-state index contributed by atoms with van der Waals surface area (Å²) < 4.78 is 32.7. The van der Waals surface area contributed by atoms with Crippen LogP contribution in [0.4, 0.5) is 0 Å². The molecule has 2 heterocycles. The Morgan fingerprint density at radius 1 is 1.41 bits per heavy atom. The third-order valence-corrected chi connectivity index (χ3v) is 6.57. The number of hydrogen-bond acceptors (Lipinski definition) is 5. The average Bonchev–Trinajstić information content (AvgIpc) is 2.81. The first-order chi connectivity index (χ1) is 10.3. The second-order valence-electron chi connectivity index (χ2n) is 5.47. The molecule has 0 saturated carbocycles. The lowest BCUT2D eigenvalue weighted by Gasteiger charge is -2.34. The monoisotopic (exact) mass is 346 g/mol. The molecule has 22 heavy (non-hydrogen) atoms. The zero-order valence-corrected chi connectivity index (χ0v) is 14.9. The summed E-state index contributed by atoms with van der Waals surface area (Å²) in [5.74, 6) is -0.235. The van der Waals surface area contributed by atoms with Gasteiger partial charge in [0.2, 0.25) is 10.0 Å². The lowest BCUT2D eigenvalue weighted by molar-refractivity contribution is -0.0440. The van der Waals surface area contributed by atoms with Gasteiger partial charge in [-0.05, 0) is 33.8 Å². The minimum Gasteiger partial charge on any atom is -0.373 e. The highest BCUT2D eigenvalue weighted by atomic mass is 32.2. The van der Waals surface area contributed by atoms with Crippen LogP contribution in [0, 0.1) is 6.92 Å². The second-order valence-corrected chi connectivity index (χ2v) is 8.63. The molecule has 0 radical (unpaired) electrons. The summed E-state index contributed by atoms with van der Waals surface area (Å²) in [7, 11) is -3.60. The minimum absolute atomic E-state index is 0.139. The molecule has 1 amide bonds. The minimum atomic E-state index is -3.60. The van der Waals surface area contributed by atoms with Crippen LogP contribution >= 0.6 is 11.3 Å². The van der Waals surface area contributed by atoms with Crippen molar-refractivity contribution < 1.29 is 17.9 Å². The maximum atomic E-state index is 12.8. The topological polar surface area (TPSA) is 75.7 Å². The van der Waals surface area contributed by atoms with Crippen molar-refractivity contribution in [2.75, 3.05) is 19.6 Å². The molecule has 1 N–H and O–H groups in total. The van der Waals surface area contributed by atoms with Gasteiger partial charge in [-0.2, -0.15) is 4.31 Å². The van der Waals surface area contributed by atoms with Crippen LogP contribution in [0.2, 0.25) is 0 Å². The number of carbonyl (C=O) groups excluding carboxylic acids is 1. The van der Waals surface area contributed by atoms with Crippen molar-refractivity contribution in [3.05, 3.63) is 15.8 Å². The number of thiophene rings is 1. The average molecular weight is 346 g/mol. The number of nitrogens with zero attached hydrogens (tertiary/aromatic N) is 1. The van der Waals surface area contributed by atoms with Crippen LogP contribution in [-0.2, 0) is 14.8 Å². The summed E-state index contributed by atoms with van der Waals surface area (Å²) in [5.41, 5.74) is 0. The number of amides is 1. The third-order valence-electron chi connectivity index (χ3n) is 3.44. The molecule has 124 valence electrons. The summed E-state index contributed by atoms with van der Waals surface area (Å²) in [6.45, 7) is 8.45. The maximum absolute atomic E-state index is 12.8. The molecular formula is C14H22N2O4S2. The van der Waals surface area contributed by atoms with Crippen molar-refractivity contribution in [2.24, 2.45) is 0 Å². The normalized spacial score (nSPS) is 23.5. The van der Waals surface area contributed by atoms with Crippen LogP contribution in [0.5, 0.6) is 0 Å². The predicted octanol–water partition coefficient (Wildman–Crippen LogP) is 1.60. The number of hydrogen-bond donors (Lipinski definition) is 1. The summed E-state index contributed by atoms with van der Waals surface area (Å²) in [6, 6.07) is 1.48. The molecule has 0 bridgehead atoms. The second kappa shape index (κ2) is 6.66. The number of ether oxygens (including phenoxy) is 1. The lowest BCUT2D eigenvalue weighted by atomic mass is 10.3. The van der Waals surface area contributed by atoms with Gasteiger partial charge in [-0.3, -0.25) is 4.79 Å². The van der Waals surface area contributed by atoms with Crippen molar-refractivity contribution in [2.45, 2.75) is 44.8 Å². The number of nitrogens with one attached hydrogen (secondary N) is 1. The molecule has 1 aromatic heterocycles. The van der Waals surface area contributed by atoms with E-state index >= 15 is 0 Å². The van der Waals surface area contributed by atoms with Crippen LogP contribution in [0.1, 0.15) is 35.3 Å². The van der Waals surface area contributed by atoms with Crippen molar-refractivity contribution in [1.29, 1.82) is 0 Å². The van der Waals surface area contributed by atoms with Gasteiger partial charge in [0, 0.05) is 24.5 Å². The highest BCUT2D eigenvalue weighted by molar-refractivity contribution is 7.89. The van der Waals surface area contributed by atoms with E-state index in [4.69, 9.17) is 4.74 Å². The number of rotatable bonds is 4. The van der Waals surface area contributed by atoms with Gasteiger partial charge in [-0.1, -0.05) is 0 Å². The van der Waals surface area contributed by atoms with Crippen LogP contribution in [-0.4, -0.2) is 50.5 Å². The summed E-state index contributed by atoms with van der Waals surface area (Å²) in [4.78, 5) is 13.2. The van der Waals surface area contributed by atoms with Gasteiger partial charge < -0.3 is 10.1 Å². The molecule has 2 rings (SSSR count). The molecule has 1 aliphatic heterocycles. The number of sulfonamides is 1. The van der Waals surface area contributed by atoms with E-state index in [0.717, 1.165) is 0 Å². The quantitative estimate of drug-likeness (QED) is 0.898. The van der Waals surface area contributed by atoms with E-state index in [0.29, 0.717) is 29.4 Å². The first-order valence-corrected chi connectivity index (χ1v) is 9.55. The Hall–Kier alpha value is -0.960. The Morgan fingerprint density at radius 3 is 2.55 bits per heavy atom. The van der Waals surface area contributed by atoms with Gasteiger partial charge in [0.25, 0.3) is 5.91 Å². The molecule has 0 unspecified atom stereocenters. The van der Waals surface area contributed by atoms with E-state index in [9.17, 15) is 13.2 Å². The summed E-state index contributed by atoms with van der Waals surface area (Å²) in [5, 5.41) is 2.69. The van der Waals surface area contributed by atoms with Gasteiger partial charge >= 0.3 is 0 Å². The standard InChI is InChI=1S/C14H22N2O4S2/c1-5-15-14(17)12-6-13(11(4)21-12)22(18,19)16-7-9(2)20-10(3)8-16/h6,9-10H,5,7-8H2,1-4H3,(H,15,17)/t9-,10+. The maximum Gasteiger partial charge on any atom is 0.261 e. The van der Waals surface area contributed by atoms with E-state index in [-0.39, 0.29) is 23.0 Å². The van der Waals surface area contributed by atoms with Crippen molar-refractivity contribution in [3.63, 3.8) is 0 Å². The Morgan fingerprint density at radius 2 is 2.00 bits per heavy atom. The van der Waals surface area contributed by atoms with Crippen molar-refractivity contribution in [3.8, 4) is 0 Å². The summed E-state index contributed by atoms with van der Waals surface area (Å²) >= 11 is 1.21. The Kier molecular flexibility index (Phi) is 5.26. The molecule has 2 atom stereocenters. The predicted molar refractivity (Wildman–Crippen MR) is 85.8 cm³/mol. The van der Waals surface area contributed by atoms with Crippen LogP contribution in [0.3, 0.4) is 0 Å². The van der Waals surface area contributed by atoms with Gasteiger partial charge in [0.05, 0.1) is 22.0 Å². The van der Waals surface area contributed by atoms with Crippen LogP contribution in [0.25, 0.3) is 0 Å².